The quantitative estimate of drug-likeness (QED) is 0.394. The van der Waals surface area contributed by atoms with Gasteiger partial charge in [0.1, 0.15) is 5.69 Å². The van der Waals surface area contributed by atoms with E-state index in [-0.39, 0.29) is 17.2 Å². The molecule has 3 aliphatic heterocycles. The Hall–Kier alpha value is -2.75. The van der Waals surface area contributed by atoms with Gasteiger partial charge in [0.2, 0.25) is 0 Å². The number of rotatable bonds is 8. The van der Waals surface area contributed by atoms with Gasteiger partial charge in [-0.2, -0.15) is 5.10 Å². The van der Waals surface area contributed by atoms with Gasteiger partial charge in [-0.15, -0.1) is 0 Å². The monoisotopic (exact) mass is 538 g/mol. The molecule has 5 rings (SSSR count). The molecule has 39 heavy (non-hydrogen) atoms. The highest BCUT2D eigenvalue weighted by Gasteiger charge is 2.39. The SMILES string of the molecule is CCn1nc(CCCOC(O)c2ccc(C(=O)N3CCC(C)CC3)cc2)c2c1C(=O)NCC1(CCOCC1)C2. The molecule has 2 aromatic rings. The Bertz CT molecular complexity index is 1150. The molecule has 1 atom stereocenters. The van der Waals surface area contributed by atoms with Crippen LogP contribution < -0.4 is 5.32 Å². The summed E-state index contributed by atoms with van der Waals surface area (Å²) in [5, 5.41) is 18.5. The van der Waals surface area contributed by atoms with Crippen LogP contribution in [-0.2, 0) is 28.9 Å². The largest absolute Gasteiger partial charge is 0.381 e. The molecule has 1 unspecified atom stereocenters. The van der Waals surface area contributed by atoms with Crippen LogP contribution in [0.5, 0.6) is 0 Å². The summed E-state index contributed by atoms with van der Waals surface area (Å²) in [4.78, 5) is 27.7. The fourth-order valence-electron chi connectivity index (χ4n) is 6.08. The highest BCUT2D eigenvalue weighted by molar-refractivity contribution is 5.95. The topological polar surface area (TPSA) is 106 Å². The number of carbonyl (C=O) groups is 2. The Balaban J connectivity index is 1.17. The second kappa shape index (κ2) is 12.2. The van der Waals surface area contributed by atoms with E-state index in [9.17, 15) is 14.7 Å². The van der Waals surface area contributed by atoms with E-state index < -0.39 is 6.29 Å². The van der Waals surface area contributed by atoms with Gasteiger partial charge in [-0.25, -0.2) is 0 Å². The van der Waals surface area contributed by atoms with Crippen molar-refractivity contribution < 1.29 is 24.2 Å². The number of benzene rings is 1. The summed E-state index contributed by atoms with van der Waals surface area (Å²) in [6.45, 7) is 8.94. The normalized spacial score (nSPS) is 20.4. The van der Waals surface area contributed by atoms with Crippen LogP contribution >= 0.6 is 0 Å². The minimum absolute atomic E-state index is 0.0160. The maximum absolute atomic E-state index is 13.0. The summed E-state index contributed by atoms with van der Waals surface area (Å²) in [6, 6.07) is 7.07. The predicted octanol–water partition coefficient (Wildman–Crippen LogP) is 3.50. The number of aliphatic hydroxyl groups excluding tert-OH is 1. The van der Waals surface area contributed by atoms with Crippen molar-refractivity contribution in [3.63, 3.8) is 0 Å². The fraction of sp³-hybridized carbons (Fsp3) is 0.633. The molecule has 212 valence electrons. The lowest BCUT2D eigenvalue weighted by molar-refractivity contribution is -0.103. The summed E-state index contributed by atoms with van der Waals surface area (Å²) in [6.07, 6.45) is 5.05. The van der Waals surface area contributed by atoms with Crippen LogP contribution in [0.1, 0.15) is 89.9 Å². The van der Waals surface area contributed by atoms with Crippen molar-refractivity contribution in [2.24, 2.45) is 11.3 Å². The van der Waals surface area contributed by atoms with E-state index in [1.165, 1.54) is 0 Å². The number of hydrogen-bond donors (Lipinski definition) is 2. The molecule has 1 aromatic heterocycles. The summed E-state index contributed by atoms with van der Waals surface area (Å²) < 4.78 is 13.2. The minimum atomic E-state index is -1.06. The first kappa shape index (κ1) is 27.8. The molecule has 0 aliphatic carbocycles. The van der Waals surface area contributed by atoms with Gasteiger partial charge in [-0.05, 0) is 75.3 Å². The molecule has 0 bridgehead atoms. The van der Waals surface area contributed by atoms with E-state index in [1.54, 1.807) is 24.3 Å². The molecule has 0 saturated carbocycles. The Morgan fingerprint density at radius 2 is 1.95 bits per heavy atom. The lowest BCUT2D eigenvalue weighted by Gasteiger charge is -2.36. The smallest absolute Gasteiger partial charge is 0.269 e. The van der Waals surface area contributed by atoms with Crippen LogP contribution in [0.4, 0.5) is 0 Å². The third-order valence-corrected chi connectivity index (χ3v) is 8.72. The van der Waals surface area contributed by atoms with Gasteiger partial charge in [0.25, 0.3) is 11.8 Å². The second-order valence-corrected chi connectivity index (χ2v) is 11.5. The zero-order valence-electron chi connectivity index (χ0n) is 23.3. The molecule has 2 saturated heterocycles. The lowest BCUT2D eigenvalue weighted by Crippen LogP contribution is -2.40. The summed E-state index contributed by atoms with van der Waals surface area (Å²) >= 11 is 0. The van der Waals surface area contributed by atoms with Crippen molar-refractivity contribution in [2.75, 3.05) is 39.5 Å². The van der Waals surface area contributed by atoms with Gasteiger partial charge < -0.3 is 24.8 Å². The molecule has 2 amide bonds. The number of nitrogens with zero attached hydrogens (tertiary/aromatic N) is 3. The van der Waals surface area contributed by atoms with E-state index in [4.69, 9.17) is 14.6 Å². The summed E-state index contributed by atoms with van der Waals surface area (Å²) in [5.41, 5.74) is 3.97. The zero-order valence-corrected chi connectivity index (χ0v) is 23.3. The number of nitrogens with one attached hydrogen (secondary N) is 1. The molecule has 4 heterocycles. The summed E-state index contributed by atoms with van der Waals surface area (Å²) in [7, 11) is 0. The van der Waals surface area contributed by atoms with Gasteiger partial charge in [0, 0.05) is 56.1 Å². The van der Waals surface area contributed by atoms with Crippen molar-refractivity contribution in [1.82, 2.24) is 20.0 Å². The fourth-order valence-corrected chi connectivity index (χ4v) is 6.08. The first-order valence-electron chi connectivity index (χ1n) is 14.5. The number of likely N-dealkylation sites (tertiary alicyclic amines) is 1. The first-order valence-corrected chi connectivity index (χ1v) is 14.5. The van der Waals surface area contributed by atoms with Gasteiger partial charge in [0.15, 0.2) is 6.29 Å². The third-order valence-electron chi connectivity index (χ3n) is 8.72. The number of piperidine rings is 1. The molecule has 2 N–H and O–H groups in total. The molecule has 0 radical (unpaired) electrons. The standard InChI is InChI=1S/C30H42N4O5/c1-3-34-26-24(19-30(20-31-27(26)35)12-17-38-18-13-30)25(32-34)5-4-16-39-29(37)23-8-6-22(7-9-23)28(36)33-14-10-21(2)11-15-33/h6-9,21,29,37H,3-5,10-20H2,1-2H3,(H,31,35). The van der Waals surface area contributed by atoms with Gasteiger partial charge >= 0.3 is 0 Å². The lowest BCUT2D eigenvalue weighted by atomic mass is 9.75. The Kier molecular flexibility index (Phi) is 8.69. The average molecular weight is 539 g/mol. The zero-order chi connectivity index (χ0) is 27.4. The van der Waals surface area contributed by atoms with Crippen LogP contribution in [0.3, 0.4) is 0 Å². The van der Waals surface area contributed by atoms with Crippen molar-refractivity contribution >= 4 is 11.8 Å². The first-order chi connectivity index (χ1) is 18.9. The number of ether oxygens (including phenoxy) is 2. The third kappa shape index (κ3) is 6.21. The highest BCUT2D eigenvalue weighted by Crippen LogP contribution is 2.38. The molecular formula is C30H42N4O5. The molecule has 2 fully saturated rings. The van der Waals surface area contributed by atoms with Crippen LogP contribution in [0.25, 0.3) is 0 Å². The van der Waals surface area contributed by atoms with E-state index in [2.05, 4.69) is 12.2 Å². The molecule has 9 heteroatoms. The number of hydrogen-bond acceptors (Lipinski definition) is 6. The maximum Gasteiger partial charge on any atom is 0.269 e. The van der Waals surface area contributed by atoms with Gasteiger partial charge in [-0.3, -0.25) is 14.3 Å². The Labute approximate surface area is 230 Å². The van der Waals surface area contributed by atoms with Crippen LogP contribution in [0.15, 0.2) is 24.3 Å². The number of carbonyl (C=O) groups excluding carboxylic acids is 2. The molecular weight excluding hydrogens is 496 g/mol. The number of aromatic nitrogens is 2. The number of amides is 2. The van der Waals surface area contributed by atoms with Crippen molar-refractivity contribution in [3.8, 4) is 0 Å². The van der Waals surface area contributed by atoms with Crippen LogP contribution in [0, 0.1) is 11.3 Å². The number of fused-ring (bicyclic) bond motifs is 1. The summed E-state index contributed by atoms with van der Waals surface area (Å²) in [5.74, 6) is 0.673. The van der Waals surface area contributed by atoms with Crippen LogP contribution in [0.2, 0.25) is 0 Å². The molecule has 3 aliphatic rings. The second-order valence-electron chi connectivity index (χ2n) is 11.5. The van der Waals surface area contributed by atoms with E-state index >= 15 is 0 Å². The number of aryl methyl sites for hydroxylation is 2. The highest BCUT2D eigenvalue weighted by atomic mass is 16.6. The van der Waals surface area contributed by atoms with Crippen molar-refractivity contribution in [1.29, 1.82) is 0 Å². The average Bonchev–Trinajstić information content (AvgIpc) is 3.24. The molecule has 1 aromatic carbocycles. The Morgan fingerprint density at radius 1 is 1.23 bits per heavy atom. The minimum Gasteiger partial charge on any atom is -0.381 e. The van der Waals surface area contributed by atoms with Gasteiger partial charge in [-0.1, -0.05) is 19.1 Å². The number of aliphatic hydroxyl groups is 1. The maximum atomic E-state index is 13.0. The molecule has 1 spiro atoms. The van der Waals surface area contributed by atoms with E-state index in [1.807, 2.05) is 16.5 Å². The predicted molar refractivity (Wildman–Crippen MR) is 146 cm³/mol. The Morgan fingerprint density at radius 3 is 2.64 bits per heavy atom. The van der Waals surface area contributed by atoms with Crippen LogP contribution in [-0.4, -0.2) is 71.1 Å². The molecule has 9 nitrogen and oxygen atoms in total. The van der Waals surface area contributed by atoms with E-state index in [0.29, 0.717) is 55.3 Å². The van der Waals surface area contributed by atoms with Gasteiger partial charge in [0.05, 0.1) is 12.3 Å². The van der Waals surface area contributed by atoms with Crippen molar-refractivity contribution in [2.45, 2.75) is 71.6 Å². The van der Waals surface area contributed by atoms with Crippen molar-refractivity contribution in [3.05, 3.63) is 52.3 Å². The van der Waals surface area contributed by atoms with E-state index in [0.717, 1.165) is 69.7 Å².